The van der Waals surface area contributed by atoms with Crippen LogP contribution in [0, 0.1) is 0 Å². The molecule has 2 heteroatoms. The van der Waals surface area contributed by atoms with E-state index >= 15 is 0 Å². The van der Waals surface area contributed by atoms with Gasteiger partial charge in [0.2, 0.25) is 0 Å². The number of hydrogen-bond acceptors (Lipinski definition) is 2. The predicted molar refractivity (Wildman–Crippen MR) is 107 cm³/mol. The zero-order valence-corrected chi connectivity index (χ0v) is 14.2. The maximum absolute atomic E-state index is 3.83. The summed E-state index contributed by atoms with van der Waals surface area (Å²) in [7, 11) is 0. The van der Waals surface area contributed by atoms with E-state index in [1.165, 1.54) is 0 Å². The second-order valence-corrected chi connectivity index (χ2v) is 5.64. The molecule has 124 valence electrons. The molecule has 25 heavy (non-hydrogen) atoms. The van der Waals surface area contributed by atoms with Gasteiger partial charge < -0.3 is 10.6 Å². The van der Waals surface area contributed by atoms with E-state index < -0.39 is 0 Å². The Hall–Kier alpha value is -3.26. The third-order valence-electron chi connectivity index (χ3n) is 3.84. The molecule has 0 aliphatic rings. The van der Waals surface area contributed by atoms with Crippen molar-refractivity contribution < 1.29 is 0 Å². The van der Waals surface area contributed by atoms with Gasteiger partial charge in [-0.05, 0) is 23.3 Å². The van der Waals surface area contributed by atoms with Crippen LogP contribution >= 0.6 is 0 Å². The van der Waals surface area contributed by atoms with Crippen LogP contribution in [0.4, 0.5) is 5.69 Å². The number of nitrogens with one attached hydrogen (secondary N) is 2. The molecular formula is C23H22N2. The van der Waals surface area contributed by atoms with Gasteiger partial charge in [-0.2, -0.15) is 0 Å². The molecule has 0 radical (unpaired) electrons. The summed E-state index contributed by atoms with van der Waals surface area (Å²) in [6, 6.07) is 31.0. The molecule has 0 heterocycles. The van der Waals surface area contributed by atoms with E-state index in [4.69, 9.17) is 0 Å². The van der Waals surface area contributed by atoms with Crippen molar-refractivity contribution in [3.05, 3.63) is 121 Å². The smallest absolute Gasteiger partial charge is 0.112 e. The van der Waals surface area contributed by atoms with E-state index in [2.05, 4.69) is 77.9 Å². The van der Waals surface area contributed by atoms with Crippen LogP contribution in [0.3, 0.4) is 0 Å². The summed E-state index contributed by atoms with van der Waals surface area (Å²) in [6.45, 7) is 4.51. The molecule has 2 nitrogen and oxygen atoms in total. The van der Waals surface area contributed by atoms with Gasteiger partial charge in [-0.1, -0.05) is 84.9 Å². The number of hydrogen-bond donors (Lipinski definition) is 2. The molecular weight excluding hydrogens is 304 g/mol. The fraction of sp³-hybridized carbons (Fsp3) is 0.0435. The number of rotatable bonds is 7. The highest BCUT2D eigenvalue weighted by molar-refractivity contribution is 5.83. The first kappa shape index (κ1) is 16.6. The summed E-state index contributed by atoms with van der Waals surface area (Å²) >= 11 is 0. The Labute approximate surface area is 149 Å². The van der Waals surface area contributed by atoms with Crippen LogP contribution < -0.4 is 10.6 Å². The molecule has 0 fully saturated rings. The highest BCUT2D eigenvalue weighted by atomic mass is 15.1. The van der Waals surface area contributed by atoms with Gasteiger partial charge in [0.15, 0.2) is 0 Å². The van der Waals surface area contributed by atoms with Crippen LogP contribution in [-0.4, -0.2) is 6.54 Å². The van der Waals surface area contributed by atoms with Gasteiger partial charge in [0.25, 0.3) is 0 Å². The Morgan fingerprint density at radius 2 is 1.20 bits per heavy atom. The fourth-order valence-corrected chi connectivity index (χ4v) is 2.70. The van der Waals surface area contributed by atoms with Gasteiger partial charge in [0.05, 0.1) is 0 Å². The van der Waals surface area contributed by atoms with Gasteiger partial charge in [-0.15, -0.1) is 6.58 Å². The van der Waals surface area contributed by atoms with Gasteiger partial charge >= 0.3 is 0 Å². The molecule has 0 aromatic heterocycles. The summed E-state index contributed by atoms with van der Waals surface area (Å²) in [5, 5.41) is 7.00. The lowest BCUT2D eigenvalue weighted by Gasteiger charge is -2.19. The van der Waals surface area contributed by atoms with E-state index in [0.29, 0.717) is 6.54 Å². The maximum atomic E-state index is 3.83. The first-order valence-corrected chi connectivity index (χ1v) is 8.40. The Morgan fingerprint density at radius 1 is 0.720 bits per heavy atom. The fourth-order valence-electron chi connectivity index (χ4n) is 2.70. The molecule has 0 atom stereocenters. The first-order valence-electron chi connectivity index (χ1n) is 8.40. The summed E-state index contributed by atoms with van der Waals surface area (Å²) < 4.78 is 0. The number of anilines is 1. The number of benzene rings is 3. The Kier molecular flexibility index (Phi) is 5.68. The van der Waals surface area contributed by atoms with E-state index in [1.54, 1.807) is 0 Å². The van der Waals surface area contributed by atoms with Crippen molar-refractivity contribution in [3.63, 3.8) is 0 Å². The van der Waals surface area contributed by atoms with Crippen molar-refractivity contribution in [2.45, 2.75) is 0 Å². The summed E-state index contributed by atoms with van der Waals surface area (Å²) in [5.41, 5.74) is 4.48. The van der Waals surface area contributed by atoms with Gasteiger partial charge in [-0.3, -0.25) is 0 Å². The molecule has 0 unspecified atom stereocenters. The van der Waals surface area contributed by atoms with E-state index in [0.717, 1.165) is 28.2 Å². The molecule has 2 N–H and O–H groups in total. The van der Waals surface area contributed by atoms with E-state index in [9.17, 15) is 0 Å². The van der Waals surface area contributed by atoms with E-state index in [1.807, 2.05) is 36.4 Å². The van der Waals surface area contributed by atoms with Gasteiger partial charge in [-0.25, -0.2) is 0 Å². The lowest BCUT2D eigenvalue weighted by Crippen LogP contribution is -2.22. The summed E-state index contributed by atoms with van der Waals surface area (Å²) in [6.07, 6.45) is 1.86. The third-order valence-corrected chi connectivity index (χ3v) is 3.84. The van der Waals surface area contributed by atoms with Crippen molar-refractivity contribution in [2.24, 2.45) is 0 Å². The minimum Gasteiger partial charge on any atom is -0.368 e. The summed E-state index contributed by atoms with van der Waals surface area (Å²) in [4.78, 5) is 0. The quantitative estimate of drug-likeness (QED) is 0.576. The Balaban J connectivity index is 2.13. The van der Waals surface area contributed by atoms with Crippen LogP contribution in [0.15, 0.2) is 109 Å². The molecule has 0 amide bonds. The zero-order valence-electron chi connectivity index (χ0n) is 14.2. The standard InChI is InChI=1S/C23H22N2/c1-2-18-24-23(25-21-16-10-5-11-17-21)22(19-12-6-3-7-13-19)20-14-8-4-9-15-20/h2-17,24-25H,1,18H2. The summed E-state index contributed by atoms with van der Waals surface area (Å²) in [5.74, 6) is 0.962. The molecule has 0 saturated carbocycles. The molecule has 0 spiro atoms. The average Bonchev–Trinajstić information content (AvgIpc) is 2.69. The molecule has 0 aliphatic carbocycles. The van der Waals surface area contributed by atoms with Gasteiger partial charge in [0, 0.05) is 17.8 Å². The highest BCUT2D eigenvalue weighted by Gasteiger charge is 2.12. The molecule has 0 bridgehead atoms. The maximum Gasteiger partial charge on any atom is 0.112 e. The van der Waals surface area contributed by atoms with Crippen LogP contribution in [-0.2, 0) is 0 Å². The third kappa shape index (κ3) is 4.39. The van der Waals surface area contributed by atoms with Crippen molar-refractivity contribution >= 4 is 11.3 Å². The minimum absolute atomic E-state index is 0.679. The van der Waals surface area contributed by atoms with Crippen LogP contribution in [0.2, 0.25) is 0 Å². The van der Waals surface area contributed by atoms with Crippen LogP contribution in [0.1, 0.15) is 11.1 Å². The van der Waals surface area contributed by atoms with Crippen molar-refractivity contribution in [2.75, 3.05) is 11.9 Å². The predicted octanol–water partition coefficient (Wildman–Crippen LogP) is 5.29. The normalized spacial score (nSPS) is 9.92. The second-order valence-electron chi connectivity index (χ2n) is 5.64. The SMILES string of the molecule is C=CCNC(Nc1ccccc1)=C(c1ccccc1)c1ccccc1. The largest absolute Gasteiger partial charge is 0.368 e. The van der Waals surface area contributed by atoms with E-state index in [-0.39, 0.29) is 0 Å². The van der Waals surface area contributed by atoms with Crippen molar-refractivity contribution in [3.8, 4) is 0 Å². The molecule has 3 aromatic carbocycles. The Bertz CT molecular complexity index is 780. The van der Waals surface area contributed by atoms with Gasteiger partial charge in [0.1, 0.15) is 5.82 Å². The monoisotopic (exact) mass is 326 g/mol. The van der Waals surface area contributed by atoms with Crippen LogP contribution in [0.5, 0.6) is 0 Å². The van der Waals surface area contributed by atoms with Crippen LogP contribution in [0.25, 0.3) is 5.57 Å². The topological polar surface area (TPSA) is 24.1 Å². The lowest BCUT2D eigenvalue weighted by atomic mass is 9.97. The van der Waals surface area contributed by atoms with Crippen molar-refractivity contribution in [1.29, 1.82) is 0 Å². The average molecular weight is 326 g/mol. The minimum atomic E-state index is 0.679. The molecule has 3 aromatic rings. The molecule has 0 saturated heterocycles. The zero-order chi connectivity index (χ0) is 17.3. The second kappa shape index (κ2) is 8.55. The number of para-hydroxylation sites is 1. The van der Waals surface area contributed by atoms with Crippen molar-refractivity contribution in [1.82, 2.24) is 5.32 Å². The molecule has 0 aliphatic heterocycles. The first-order chi connectivity index (χ1) is 12.4. The molecule has 3 rings (SSSR count). The highest BCUT2D eigenvalue weighted by Crippen LogP contribution is 2.26. The Morgan fingerprint density at radius 3 is 1.68 bits per heavy atom. The lowest BCUT2D eigenvalue weighted by molar-refractivity contribution is 0.915.